The summed E-state index contributed by atoms with van der Waals surface area (Å²) >= 11 is 3.51. The molecule has 3 aromatic rings. The zero-order valence-corrected chi connectivity index (χ0v) is 20.5. The van der Waals surface area contributed by atoms with Crippen molar-refractivity contribution in [1.82, 2.24) is 5.32 Å². The van der Waals surface area contributed by atoms with Crippen molar-refractivity contribution in [1.29, 1.82) is 0 Å². The van der Waals surface area contributed by atoms with Crippen LogP contribution >= 0.6 is 15.9 Å². The molecule has 34 heavy (non-hydrogen) atoms. The van der Waals surface area contributed by atoms with E-state index in [-0.39, 0.29) is 6.42 Å². The number of amides is 1. The van der Waals surface area contributed by atoms with E-state index in [9.17, 15) is 14.7 Å². The molecule has 0 aliphatic rings. The quantitative estimate of drug-likeness (QED) is 0.358. The first-order chi connectivity index (χ1) is 16.4. The molecule has 3 aromatic carbocycles. The Morgan fingerprint density at radius 3 is 2.47 bits per heavy atom. The Bertz CT molecular complexity index is 1180. The summed E-state index contributed by atoms with van der Waals surface area (Å²) in [7, 11) is 1.54. The van der Waals surface area contributed by atoms with Gasteiger partial charge in [-0.1, -0.05) is 60.2 Å². The van der Waals surface area contributed by atoms with Crippen molar-refractivity contribution in [3.8, 4) is 11.5 Å². The second-order valence-corrected chi connectivity index (χ2v) is 8.59. The maximum atomic E-state index is 12.4. The van der Waals surface area contributed by atoms with Crippen LogP contribution in [0.1, 0.15) is 22.3 Å². The molecule has 3 rings (SSSR count). The first-order valence-corrected chi connectivity index (χ1v) is 11.5. The molecule has 0 aliphatic heterocycles. The van der Waals surface area contributed by atoms with Gasteiger partial charge in [0.15, 0.2) is 11.5 Å². The van der Waals surface area contributed by atoms with Gasteiger partial charge in [0, 0.05) is 12.5 Å². The van der Waals surface area contributed by atoms with Crippen LogP contribution in [-0.4, -0.2) is 30.1 Å². The average Bonchev–Trinajstić information content (AvgIpc) is 2.82. The highest BCUT2D eigenvalue weighted by atomic mass is 79.9. The van der Waals surface area contributed by atoms with E-state index < -0.39 is 17.9 Å². The number of ether oxygens (including phenoxy) is 2. The minimum atomic E-state index is -1.09. The first kappa shape index (κ1) is 25.1. The Hall–Kier alpha value is -3.58. The second-order valence-electron chi connectivity index (χ2n) is 7.73. The fraction of sp³-hybridized carbons (Fsp3) is 0.185. The number of methoxy groups -OCH3 is 1. The van der Waals surface area contributed by atoms with Gasteiger partial charge in [-0.05, 0) is 57.8 Å². The van der Waals surface area contributed by atoms with Crippen molar-refractivity contribution < 1.29 is 24.2 Å². The van der Waals surface area contributed by atoms with Crippen molar-refractivity contribution in [2.24, 2.45) is 0 Å². The monoisotopic (exact) mass is 523 g/mol. The van der Waals surface area contributed by atoms with Gasteiger partial charge in [0.1, 0.15) is 12.6 Å². The van der Waals surface area contributed by atoms with Crippen LogP contribution in [0.3, 0.4) is 0 Å². The van der Waals surface area contributed by atoms with Gasteiger partial charge in [-0.3, -0.25) is 4.79 Å². The minimum Gasteiger partial charge on any atom is -0.493 e. The van der Waals surface area contributed by atoms with Crippen LogP contribution < -0.4 is 14.8 Å². The molecule has 0 radical (unpaired) electrons. The molecule has 1 amide bonds. The molecule has 1 unspecified atom stereocenters. The largest absolute Gasteiger partial charge is 0.493 e. The van der Waals surface area contributed by atoms with Crippen molar-refractivity contribution in [2.45, 2.75) is 26.0 Å². The molecule has 0 bridgehead atoms. The summed E-state index contributed by atoms with van der Waals surface area (Å²) in [6.45, 7) is 2.41. The fourth-order valence-corrected chi connectivity index (χ4v) is 3.95. The van der Waals surface area contributed by atoms with E-state index in [0.29, 0.717) is 28.1 Å². The standard InChI is InChI=1S/C27H26BrNO5/c1-18-7-6-10-21(13-18)17-34-26-22(28)14-20(16-24(26)33-2)11-12-25(30)29-23(27(31)32)15-19-8-4-3-5-9-19/h3-14,16,23H,15,17H2,1-2H3,(H,29,30)(H,31,32)/b12-11+. The van der Waals surface area contributed by atoms with Gasteiger partial charge in [0.05, 0.1) is 11.6 Å². The van der Waals surface area contributed by atoms with Gasteiger partial charge < -0.3 is 19.9 Å². The molecule has 176 valence electrons. The van der Waals surface area contributed by atoms with E-state index in [2.05, 4.69) is 27.3 Å². The van der Waals surface area contributed by atoms with Crippen LogP contribution in [0.4, 0.5) is 0 Å². The summed E-state index contributed by atoms with van der Waals surface area (Å²) in [5.74, 6) is -0.530. The smallest absolute Gasteiger partial charge is 0.326 e. The lowest BCUT2D eigenvalue weighted by atomic mass is 10.1. The molecule has 6 nitrogen and oxygen atoms in total. The Balaban J connectivity index is 1.67. The van der Waals surface area contributed by atoms with E-state index in [1.165, 1.54) is 6.08 Å². The first-order valence-electron chi connectivity index (χ1n) is 10.7. The third-order valence-corrected chi connectivity index (χ3v) is 5.63. The SMILES string of the molecule is COc1cc(/C=C/C(=O)NC(Cc2ccccc2)C(=O)O)cc(Br)c1OCc1cccc(C)c1. The highest BCUT2D eigenvalue weighted by Gasteiger charge is 2.19. The van der Waals surface area contributed by atoms with Crippen molar-refractivity contribution in [3.05, 3.63) is 99.5 Å². The molecular weight excluding hydrogens is 498 g/mol. The van der Waals surface area contributed by atoms with Gasteiger partial charge in [-0.25, -0.2) is 4.79 Å². The lowest BCUT2D eigenvalue weighted by Gasteiger charge is -2.14. The minimum absolute atomic E-state index is 0.197. The summed E-state index contributed by atoms with van der Waals surface area (Å²) < 4.78 is 12.1. The predicted molar refractivity (Wildman–Crippen MR) is 135 cm³/mol. The summed E-state index contributed by atoms with van der Waals surface area (Å²) in [6.07, 6.45) is 3.09. The van der Waals surface area contributed by atoms with Gasteiger partial charge >= 0.3 is 5.97 Å². The molecule has 0 aliphatic carbocycles. The summed E-state index contributed by atoms with van der Waals surface area (Å²) in [5, 5.41) is 12.0. The maximum absolute atomic E-state index is 12.4. The van der Waals surface area contributed by atoms with Crippen LogP contribution in [0.25, 0.3) is 6.08 Å². The van der Waals surface area contributed by atoms with E-state index in [1.54, 1.807) is 25.3 Å². The van der Waals surface area contributed by atoms with Crippen molar-refractivity contribution >= 4 is 33.9 Å². The van der Waals surface area contributed by atoms with Crippen LogP contribution in [0.15, 0.2) is 77.3 Å². The second kappa shape index (κ2) is 12.0. The Kier molecular flexibility index (Phi) is 8.87. The molecule has 7 heteroatoms. The third-order valence-electron chi connectivity index (χ3n) is 5.04. The Labute approximate surface area is 207 Å². The molecule has 0 saturated heterocycles. The highest BCUT2D eigenvalue weighted by Crippen LogP contribution is 2.37. The fourth-order valence-electron chi connectivity index (χ4n) is 3.38. The molecular formula is C27H26BrNO5. The summed E-state index contributed by atoms with van der Waals surface area (Å²) in [4.78, 5) is 24.0. The number of carbonyl (C=O) groups is 2. The van der Waals surface area contributed by atoms with Crippen molar-refractivity contribution in [3.63, 3.8) is 0 Å². The number of aliphatic carboxylic acids is 1. The number of hydrogen-bond donors (Lipinski definition) is 2. The van der Waals surface area contributed by atoms with Crippen LogP contribution in [-0.2, 0) is 22.6 Å². The number of carbonyl (C=O) groups excluding carboxylic acids is 1. The third kappa shape index (κ3) is 7.22. The van der Waals surface area contributed by atoms with Crippen LogP contribution in [0, 0.1) is 6.92 Å². The molecule has 0 spiro atoms. The summed E-state index contributed by atoms with van der Waals surface area (Å²) in [6, 6.07) is 19.7. The summed E-state index contributed by atoms with van der Waals surface area (Å²) in [5.41, 5.74) is 3.71. The zero-order valence-electron chi connectivity index (χ0n) is 19.0. The van der Waals surface area contributed by atoms with E-state index in [4.69, 9.17) is 9.47 Å². The number of aryl methyl sites for hydroxylation is 1. The number of benzene rings is 3. The predicted octanol–water partition coefficient (Wildman–Crippen LogP) is 5.17. The number of carboxylic acid groups (broad SMARTS) is 1. The number of halogens is 1. The molecule has 0 heterocycles. The Morgan fingerprint density at radius 1 is 1.06 bits per heavy atom. The topological polar surface area (TPSA) is 84.9 Å². The normalized spacial score (nSPS) is 11.7. The molecule has 0 fully saturated rings. The van der Waals surface area contributed by atoms with Gasteiger partial charge in [0.25, 0.3) is 0 Å². The lowest BCUT2D eigenvalue weighted by molar-refractivity contribution is -0.141. The molecule has 0 saturated carbocycles. The van der Waals surface area contributed by atoms with E-state index >= 15 is 0 Å². The average molecular weight is 524 g/mol. The van der Waals surface area contributed by atoms with Crippen LogP contribution in [0.5, 0.6) is 11.5 Å². The molecule has 0 aromatic heterocycles. The highest BCUT2D eigenvalue weighted by molar-refractivity contribution is 9.10. The van der Waals surface area contributed by atoms with Gasteiger partial charge in [-0.15, -0.1) is 0 Å². The van der Waals surface area contributed by atoms with E-state index in [1.807, 2.05) is 55.5 Å². The Morgan fingerprint density at radius 2 is 1.79 bits per heavy atom. The number of nitrogens with one attached hydrogen (secondary N) is 1. The lowest BCUT2D eigenvalue weighted by Crippen LogP contribution is -2.41. The van der Waals surface area contributed by atoms with Crippen LogP contribution in [0.2, 0.25) is 0 Å². The maximum Gasteiger partial charge on any atom is 0.326 e. The molecule has 2 N–H and O–H groups in total. The van der Waals surface area contributed by atoms with Crippen molar-refractivity contribution in [2.75, 3.05) is 7.11 Å². The number of rotatable bonds is 10. The number of hydrogen-bond acceptors (Lipinski definition) is 4. The van der Waals surface area contributed by atoms with E-state index in [0.717, 1.165) is 16.7 Å². The zero-order chi connectivity index (χ0) is 24.5. The van der Waals surface area contributed by atoms with Gasteiger partial charge in [0.2, 0.25) is 5.91 Å². The molecule has 1 atom stereocenters. The van der Waals surface area contributed by atoms with Gasteiger partial charge in [-0.2, -0.15) is 0 Å². The number of carboxylic acids is 1.